The number of aliphatic hydroxyl groups is 1. The van der Waals surface area contributed by atoms with E-state index in [9.17, 15) is 9.90 Å². The maximum absolute atomic E-state index is 11.5. The standard InChI is InChI=1S/C18H28N4O3.HI/c1-3-19-17(20-12-14-6-4-5-7-15(14)13-23)21-16-8-10-22(11-9-16)18(24)25-2;/h4-7,16,23H,3,8-13H2,1-2H3,(H2,19,20,21);1H. The van der Waals surface area contributed by atoms with E-state index in [1.807, 2.05) is 31.2 Å². The summed E-state index contributed by atoms with van der Waals surface area (Å²) in [5, 5.41) is 16.1. The summed E-state index contributed by atoms with van der Waals surface area (Å²) in [6, 6.07) is 8.03. The zero-order chi connectivity index (χ0) is 18.1. The number of methoxy groups -OCH3 is 1. The van der Waals surface area contributed by atoms with Crippen LogP contribution in [0.2, 0.25) is 0 Å². The number of rotatable bonds is 5. The first-order valence-electron chi connectivity index (χ1n) is 8.73. The predicted octanol–water partition coefficient (Wildman–Crippen LogP) is 2.08. The molecule has 8 heteroatoms. The van der Waals surface area contributed by atoms with Crippen LogP contribution in [-0.4, -0.2) is 54.8 Å². The van der Waals surface area contributed by atoms with E-state index in [-0.39, 0.29) is 42.7 Å². The number of aliphatic hydroxyl groups excluding tert-OH is 1. The number of hydrogen-bond donors (Lipinski definition) is 3. The number of ether oxygens (including phenoxy) is 1. The van der Waals surface area contributed by atoms with Gasteiger partial charge in [0.1, 0.15) is 0 Å². The summed E-state index contributed by atoms with van der Waals surface area (Å²) in [5.74, 6) is 0.756. The second kappa shape index (κ2) is 11.9. The molecule has 1 fully saturated rings. The summed E-state index contributed by atoms with van der Waals surface area (Å²) in [6.07, 6.45) is 1.44. The van der Waals surface area contributed by atoms with Crippen LogP contribution in [0.3, 0.4) is 0 Å². The topological polar surface area (TPSA) is 86.2 Å². The van der Waals surface area contributed by atoms with Crippen LogP contribution in [0.25, 0.3) is 0 Å². The number of hydrogen-bond acceptors (Lipinski definition) is 4. The molecule has 1 aliphatic rings. The highest BCUT2D eigenvalue weighted by Gasteiger charge is 2.23. The normalized spacial score (nSPS) is 15.2. The Labute approximate surface area is 172 Å². The van der Waals surface area contributed by atoms with Crippen LogP contribution >= 0.6 is 24.0 Å². The molecule has 0 unspecified atom stereocenters. The largest absolute Gasteiger partial charge is 0.453 e. The minimum atomic E-state index is -0.264. The zero-order valence-electron chi connectivity index (χ0n) is 15.4. The molecule has 146 valence electrons. The molecule has 7 nitrogen and oxygen atoms in total. The molecule has 1 heterocycles. The number of amides is 1. The Morgan fingerprint density at radius 3 is 2.54 bits per heavy atom. The molecule has 0 aromatic heterocycles. The lowest BCUT2D eigenvalue weighted by atomic mass is 10.1. The Morgan fingerprint density at radius 2 is 1.96 bits per heavy atom. The van der Waals surface area contributed by atoms with Crippen molar-refractivity contribution in [2.75, 3.05) is 26.7 Å². The Bertz CT molecular complexity index is 590. The van der Waals surface area contributed by atoms with Gasteiger partial charge in [-0.3, -0.25) is 0 Å². The summed E-state index contributed by atoms with van der Waals surface area (Å²) in [5.41, 5.74) is 1.91. The molecule has 26 heavy (non-hydrogen) atoms. The molecule has 1 amide bonds. The molecule has 3 N–H and O–H groups in total. The number of carbonyl (C=O) groups is 1. The highest BCUT2D eigenvalue weighted by molar-refractivity contribution is 14.0. The third kappa shape index (κ3) is 6.64. The van der Waals surface area contributed by atoms with Crippen LogP contribution in [0, 0.1) is 0 Å². The number of nitrogens with one attached hydrogen (secondary N) is 2. The smallest absolute Gasteiger partial charge is 0.409 e. The number of likely N-dealkylation sites (tertiary alicyclic amines) is 1. The number of nitrogens with zero attached hydrogens (tertiary/aromatic N) is 2. The summed E-state index contributed by atoms with van der Waals surface area (Å²) in [4.78, 5) is 17.9. The van der Waals surface area contributed by atoms with Gasteiger partial charge in [0.15, 0.2) is 5.96 Å². The molecule has 0 bridgehead atoms. The van der Waals surface area contributed by atoms with E-state index in [1.54, 1.807) is 4.90 Å². The van der Waals surface area contributed by atoms with Crippen LogP contribution in [0.5, 0.6) is 0 Å². The molecule has 0 saturated carbocycles. The second-order valence-corrected chi connectivity index (χ2v) is 6.00. The molecular weight excluding hydrogens is 447 g/mol. The highest BCUT2D eigenvalue weighted by Crippen LogP contribution is 2.12. The molecule has 1 aromatic carbocycles. The van der Waals surface area contributed by atoms with Crippen LogP contribution in [0.1, 0.15) is 30.9 Å². The van der Waals surface area contributed by atoms with Gasteiger partial charge in [0.25, 0.3) is 0 Å². The molecule has 2 rings (SSSR count). The lowest BCUT2D eigenvalue weighted by molar-refractivity contribution is 0.111. The molecular formula is C18H29IN4O3. The summed E-state index contributed by atoms with van der Waals surface area (Å²) >= 11 is 0. The van der Waals surface area contributed by atoms with E-state index in [1.165, 1.54) is 7.11 Å². The maximum atomic E-state index is 11.5. The van der Waals surface area contributed by atoms with E-state index < -0.39 is 0 Å². The molecule has 0 radical (unpaired) electrons. The van der Waals surface area contributed by atoms with Gasteiger partial charge in [0, 0.05) is 25.7 Å². The lowest BCUT2D eigenvalue weighted by Crippen LogP contribution is -2.49. The van der Waals surface area contributed by atoms with Gasteiger partial charge in [-0.1, -0.05) is 24.3 Å². The fraction of sp³-hybridized carbons (Fsp3) is 0.556. The summed E-state index contributed by atoms with van der Waals surface area (Å²) in [6.45, 7) is 4.68. The monoisotopic (exact) mass is 476 g/mol. The number of halogens is 1. The van der Waals surface area contributed by atoms with E-state index in [4.69, 9.17) is 4.74 Å². The third-order valence-corrected chi connectivity index (χ3v) is 4.31. The first-order chi connectivity index (χ1) is 12.2. The molecule has 1 saturated heterocycles. The zero-order valence-corrected chi connectivity index (χ0v) is 17.7. The van der Waals surface area contributed by atoms with Gasteiger partial charge in [-0.25, -0.2) is 9.79 Å². The van der Waals surface area contributed by atoms with Crippen LogP contribution in [0.15, 0.2) is 29.3 Å². The highest BCUT2D eigenvalue weighted by atomic mass is 127. The fourth-order valence-corrected chi connectivity index (χ4v) is 2.88. The van der Waals surface area contributed by atoms with Crippen molar-refractivity contribution in [1.29, 1.82) is 0 Å². The number of carbonyl (C=O) groups excluding carboxylic acids is 1. The molecule has 1 aliphatic heterocycles. The van der Waals surface area contributed by atoms with Crippen molar-refractivity contribution in [1.82, 2.24) is 15.5 Å². The first-order valence-corrected chi connectivity index (χ1v) is 8.73. The third-order valence-electron chi connectivity index (χ3n) is 4.31. The second-order valence-electron chi connectivity index (χ2n) is 6.00. The average molecular weight is 476 g/mol. The van der Waals surface area contributed by atoms with Crippen molar-refractivity contribution < 1.29 is 14.6 Å². The van der Waals surface area contributed by atoms with E-state index in [0.717, 1.165) is 36.5 Å². The van der Waals surface area contributed by atoms with Crippen molar-refractivity contribution in [3.8, 4) is 0 Å². The molecule has 0 aliphatic carbocycles. The van der Waals surface area contributed by atoms with Gasteiger partial charge in [-0.2, -0.15) is 0 Å². The van der Waals surface area contributed by atoms with Crippen molar-refractivity contribution in [2.45, 2.75) is 39.0 Å². The Hall–Kier alpha value is -1.55. The van der Waals surface area contributed by atoms with Crippen LogP contribution < -0.4 is 10.6 Å². The van der Waals surface area contributed by atoms with Crippen molar-refractivity contribution in [2.24, 2.45) is 4.99 Å². The fourth-order valence-electron chi connectivity index (χ4n) is 2.88. The van der Waals surface area contributed by atoms with Crippen LogP contribution in [0.4, 0.5) is 4.79 Å². The Kier molecular flexibility index (Phi) is 10.3. The van der Waals surface area contributed by atoms with Gasteiger partial charge < -0.3 is 25.4 Å². The van der Waals surface area contributed by atoms with Gasteiger partial charge in [0.2, 0.25) is 0 Å². The van der Waals surface area contributed by atoms with Gasteiger partial charge in [0.05, 0.1) is 20.3 Å². The molecule has 0 spiro atoms. The molecule has 1 aromatic rings. The van der Waals surface area contributed by atoms with E-state index >= 15 is 0 Å². The lowest BCUT2D eigenvalue weighted by Gasteiger charge is -2.32. The van der Waals surface area contributed by atoms with Gasteiger partial charge in [-0.15, -0.1) is 24.0 Å². The molecule has 0 atom stereocenters. The van der Waals surface area contributed by atoms with E-state index in [0.29, 0.717) is 19.6 Å². The Balaban J connectivity index is 0.00000338. The minimum Gasteiger partial charge on any atom is -0.453 e. The van der Waals surface area contributed by atoms with Crippen molar-refractivity contribution in [3.05, 3.63) is 35.4 Å². The summed E-state index contributed by atoms with van der Waals surface area (Å²) < 4.78 is 4.76. The number of benzene rings is 1. The maximum Gasteiger partial charge on any atom is 0.409 e. The average Bonchev–Trinajstić information content (AvgIpc) is 2.66. The first kappa shape index (κ1) is 22.5. The number of aliphatic imine (C=N–C) groups is 1. The SMILES string of the molecule is CCNC(=NCc1ccccc1CO)NC1CCN(C(=O)OC)CC1.I. The van der Waals surface area contributed by atoms with Gasteiger partial charge >= 0.3 is 6.09 Å². The van der Waals surface area contributed by atoms with Crippen LogP contribution in [-0.2, 0) is 17.9 Å². The number of guanidine groups is 1. The van der Waals surface area contributed by atoms with Gasteiger partial charge in [-0.05, 0) is 30.9 Å². The predicted molar refractivity (Wildman–Crippen MR) is 113 cm³/mol. The quantitative estimate of drug-likeness (QED) is 0.344. The van der Waals surface area contributed by atoms with Crippen molar-refractivity contribution in [3.63, 3.8) is 0 Å². The van der Waals surface area contributed by atoms with Crippen molar-refractivity contribution >= 4 is 36.0 Å². The minimum absolute atomic E-state index is 0. The number of piperidine rings is 1. The van der Waals surface area contributed by atoms with E-state index in [2.05, 4.69) is 15.6 Å². The summed E-state index contributed by atoms with van der Waals surface area (Å²) in [7, 11) is 1.41. The Morgan fingerprint density at radius 1 is 1.31 bits per heavy atom.